The average Bonchev–Trinajstić information content (AvgIpc) is 2.66. The van der Waals surface area contributed by atoms with Crippen LogP contribution >= 0.6 is 0 Å². The van der Waals surface area contributed by atoms with E-state index in [0.29, 0.717) is 16.7 Å². The molecule has 162 valence electrons. The lowest BCUT2D eigenvalue weighted by Gasteiger charge is -2.16. The van der Waals surface area contributed by atoms with Crippen molar-refractivity contribution in [3.63, 3.8) is 0 Å². The molecular formula is C21H26FN3O4S. The topological polar surface area (TPSA) is 95.6 Å². The molecule has 2 aromatic carbocycles. The van der Waals surface area contributed by atoms with Crippen LogP contribution in [-0.4, -0.2) is 51.7 Å². The molecule has 0 radical (unpaired) electrons. The van der Waals surface area contributed by atoms with Gasteiger partial charge in [0.15, 0.2) is 0 Å². The van der Waals surface area contributed by atoms with Crippen LogP contribution in [0, 0.1) is 19.7 Å². The maximum absolute atomic E-state index is 13.2. The zero-order valence-corrected chi connectivity index (χ0v) is 18.3. The molecule has 0 fully saturated rings. The summed E-state index contributed by atoms with van der Waals surface area (Å²) in [6.07, 6.45) is 0.0363. The van der Waals surface area contributed by atoms with Crippen LogP contribution in [0.2, 0.25) is 0 Å². The van der Waals surface area contributed by atoms with Crippen molar-refractivity contribution in [2.45, 2.75) is 25.2 Å². The number of hydrogen-bond acceptors (Lipinski definition) is 4. The number of aryl methyl sites for hydroxylation is 1. The highest BCUT2D eigenvalue weighted by Crippen LogP contribution is 2.23. The van der Waals surface area contributed by atoms with Crippen molar-refractivity contribution in [3.05, 3.63) is 64.5 Å². The first-order valence-corrected chi connectivity index (χ1v) is 10.8. The van der Waals surface area contributed by atoms with Gasteiger partial charge in [-0.05, 0) is 54.8 Å². The second-order valence-corrected chi connectivity index (χ2v) is 9.24. The van der Waals surface area contributed by atoms with E-state index in [4.69, 9.17) is 0 Å². The van der Waals surface area contributed by atoms with Gasteiger partial charge in [0.1, 0.15) is 5.82 Å². The lowest BCUT2D eigenvalue weighted by atomic mass is 10.1. The van der Waals surface area contributed by atoms with E-state index in [1.54, 1.807) is 26.0 Å². The molecule has 2 N–H and O–H groups in total. The summed E-state index contributed by atoms with van der Waals surface area (Å²) in [6, 6.07) is 8.77. The molecule has 0 bridgehead atoms. The number of sulfonamides is 1. The zero-order valence-electron chi connectivity index (χ0n) is 17.5. The molecule has 30 heavy (non-hydrogen) atoms. The normalized spacial score (nSPS) is 11.4. The molecule has 0 unspecified atom stereocenters. The number of carbonyl (C=O) groups is 2. The summed E-state index contributed by atoms with van der Waals surface area (Å²) in [5, 5.41) is 5.31. The van der Waals surface area contributed by atoms with Gasteiger partial charge in [-0.3, -0.25) is 9.59 Å². The second-order valence-electron chi connectivity index (χ2n) is 7.12. The van der Waals surface area contributed by atoms with Crippen LogP contribution in [0.3, 0.4) is 0 Å². The number of nitrogens with zero attached hydrogens (tertiary/aromatic N) is 1. The van der Waals surface area contributed by atoms with Crippen LogP contribution < -0.4 is 10.6 Å². The summed E-state index contributed by atoms with van der Waals surface area (Å²) in [6.45, 7) is 3.79. The summed E-state index contributed by atoms with van der Waals surface area (Å²) in [5.41, 5.74) is 2.06. The van der Waals surface area contributed by atoms with Crippen molar-refractivity contribution in [1.82, 2.24) is 14.9 Å². The number of halogens is 1. The highest BCUT2D eigenvalue weighted by Gasteiger charge is 2.22. The van der Waals surface area contributed by atoms with Gasteiger partial charge in [-0.2, -0.15) is 0 Å². The lowest BCUT2D eigenvalue weighted by Crippen LogP contribution is -2.35. The van der Waals surface area contributed by atoms with E-state index < -0.39 is 21.7 Å². The average molecular weight is 436 g/mol. The van der Waals surface area contributed by atoms with E-state index in [1.807, 2.05) is 0 Å². The van der Waals surface area contributed by atoms with Gasteiger partial charge in [0.2, 0.25) is 15.9 Å². The standard InChI is InChI=1S/C21H26FN3O4S/c1-14-10-17(13-19(15(14)2)30(28,29)25(3)4)21(27)24-9-8-23-20(26)12-16-6-5-7-18(22)11-16/h5-7,10-11,13H,8-9,12H2,1-4H3,(H,23,26)(H,24,27). The van der Waals surface area contributed by atoms with Gasteiger partial charge in [0.25, 0.3) is 5.91 Å². The Bertz CT molecular complexity index is 1050. The Morgan fingerprint density at radius 3 is 2.33 bits per heavy atom. The van der Waals surface area contributed by atoms with Crippen LogP contribution in [0.1, 0.15) is 27.0 Å². The third kappa shape index (κ3) is 5.87. The molecule has 2 rings (SSSR count). The first kappa shape index (κ1) is 23.5. The molecule has 2 amide bonds. The van der Waals surface area contributed by atoms with Gasteiger partial charge >= 0.3 is 0 Å². The molecule has 0 aliphatic heterocycles. The molecule has 0 atom stereocenters. The molecule has 0 heterocycles. The van der Waals surface area contributed by atoms with E-state index >= 15 is 0 Å². The summed E-state index contributed by atoms with van der Waals surface area (Å²) in [7, 11) is -0.818. The van der Waals surface area contributed by atoms with Gasteiger partial charge in [-0.1, -0.05) is 12.1 Å². The Hall–Kier alpha value is -2.78. The maximum atomic E-state index is 13.2. The van der Waals surface area contributed by atoms with Gasteiger partial charge in [0.05, 0.1) is 11.3 Å². The van der Waals surface area contributed by atoms with Gasteiger partial charge in [0, 0.05) is 32.7 Å². The zero-order chi connectivity index (χ0) is 22.5. The van der Waals surface area contributed by atoms with Crippen molar-refractivity contribution in [1.29, 1.82) is 0 Å². The number of rotatable bonds is 8. The van der Waals surface area contributed by atoms with Crippen molar-refractivity contribution in [2.75, 3.05) is 27.2 Å². The Morgan fingerprint density at radius 1 is 1.03 bits per heavy atom. The largest absolute Gasteiger partial charge is 0.354 e. The molecule has 9 heteroatoms. The minimum absolute atomic E-state index is 0.0363. The van der Waals surface area contributed by atoms with Crippen molar-refractivity contribution in [2.24, 2.45) is 0 Å². The molecule has 0 saturated carbocycles. The smallest absolute Gasteiger partial charge is 0.251 e. The minimum atomic E-state index is -3.69. The molecule has 2 aromatic rings. The number of hydrogen-bond donors (Lipinski definition) is 2. The summed E-state index contributed by atoms with van der Waals surface area (Å²) in [5.74, 6) is -1.13. The maximum Gasteiger partial charge on any atom is 0.251 e. The van der Waals surface area contributed by atoms with Gasteiger partial charge in [-0.25, -0.2) is 17.1 Å². The van der Waals surface area contributed by atoms with Crippen molar-refractivity contribution >= 4 is 21.8 Å². The fourth-order valence-corrected chi connectivity index (χ4v) is 4.01. The number of nitrogens with one attached hydrogen (secondary N) is 2. The molecule has 0 spiro atoms. The highest BCUT2D eigenvalue weighted by molar-refractivity contribution is 7.89. The first-order chi connectivity index (χ1) is 14.0. The number of benzene rings is 2. The summed E-state index contributed by atoms with van der Waals surface area (Å²) >= 11 is 0. The van der Waals surface area contributed by atoms with Crippen LogP contribution in [0.5, 0.6) is 0 Å². The monoisotopic (exact) mass is 435 g/mol. The molecular weight excluding hydrogens is 409 g/mol. The SMILES string of the molecule is Cc1cc(C(=O)NCCNC(=O)Cc2cccc(F)c2)cc(S(=O)(=O)N(C)C)c1C. The fraction of sp³-hybridized carbons (Fsp3) is 0.333. The summed E-state index contributed by atoms with van der Waals surface area (Å²) < 4.78 is 39.3. The Kier molecular flexibility index (Phi) is 7.69. The van der Waals surface area contributed by atoms with Crippen LogP contribution in [0.25, 0.3) is 0 Å². The van der Waals surface area contributed by atoms with Crippen molar-refractivity contribution in [3.8, 4) is 0 Å². The molecule has 7 nitrogen and oxygen atoms in total. The van der Waals surface area contributed by atoms with Crippen molar-refractivity contribution < 1.29 is 22.4 Å². The second kappa shape index (κ2) is 9.82. The Balaban J connectivity index is 1.95. The van der Waals surface area contributed by atoms with E-state index in [0.717, 1.165) is 4.31 Å². The predicted octanol–water partition coefficient (Wildman–Crippen LogP) is 1.78. The lowest BCUT2D eigenvalue weighted by molar-refractivity contribution is -0.120. The molecule has 0 aliphatic rings. The van der Waals surface area contributed by atoms with Gasteiger partial charge in [-0.15, -0.1) is 0 Å². The van der Waals surface area contributed by atoms with E-state index in [2.05, 4.69) is 10.6 Å². The molecule has 0 aromatic heterocycles. The third-order valence-corrected chi connectivity index (χ3v) is 6.57. The number of carbonyl (C=O) groups excluding carboxylic acids is 2. The predicted molar refractivity (Wildman–Crippen MR) is 112 cm³/mol. The molecule has 0 saturated heterocycles. The van der Waals surface area contributed by atoms with Crippen LogP contribution in [0.4, 0.5) is 4.39 Å². The molecule has 0 aliphatic carbocycles. The third-order valence-electron chi connectivity index (χ3n) is 4.63. The van der Waals surface area contributed by atoms with Crippen LogP contribution in [0.15, 0.2) is 41.3 Å². The van der Waals surface area contributed by atoms with E-state index in [9.17, 15) is 22.4 Å². The van der Waals surface area contributed by atoms with E-state index in [1.165, 1.54) is 38.4 Å². The first-order valence-electron chi connectivity index (χ1n) is 9.35. The van der Waals surface area contributed by atoms with E-state index in [-0.39, 0.29) is 35.9 Å². The minimum Gasteiger partial charge on any atom is -0.354 e. The van der Waals surface area contributed by atoms with Crippen LogP contribution in [-0.2, 0) is 21.2 Å². The summed E-state index contributed by atoms with van der Waals surface area (Å²) in [4.78, 5) is 24.5. The van der Waals surface area contributed by atoms with Gasteiger partial charge < -0.3 is 10.6 Å². The fourth-order valence-electron chi connectivity index (χ4n) is 2.80. The highest BCUT2D eigenvalue weighted by atomic mass is 32.2. The quantitative estimate of drug-likeness (QED) is 0.618. The Morgan fingerprint density at radius 2 is 1.70 bits per heavy atom. The number of amides is 2. The Labute approximate surface area is 176 Å².